The Kier molecular flexibility index (Phi) is 16.0. The van der Waals surface area contributed by atoms with Crippen LogP contribution < -0.4 is 9.47 Å². The van der Waals surface area contributed by atoms with Gasteiger partial charge in [-0.05, 0) is 57.3 Å². The van der Waals surface area contributed by atoms with Gasteiger partial charge >= 0.3 is 0 Å². The third-order valence-corrected chi connectivity index (χ3v) is 14.6. The van der Waals surface area contributed by atoms with Crippen LogP contribution >= 0.6 is 0 Å². The fourth-order valence-electron chi connectivity index (χ4n) is 8.98. The van der Waals surface area contributed by atoms with E-state index in [4.69, 9.17) is 9.47 Å². The van der Waals surface area contributed by atoms with Gasteiger partial charge in [-0.1, -0.05) is 48.5 Å². The van der Waals surface area contributed by atoms with Gasteiger partial charge in [-0.2, -0.15) is 0 Å². The fraction of sp³-hybridized carbons (Fsp3) is 0.137. The topological polar surface area (TPSA) is 18.5 Å². The molecule has 0 atom stereocenters. The molecule has 0 saturated heterocycles. The molecule has 0 heterocycles. The van der Waals surface area contributed by atoms with Crippen LogP contribution in [-0.4, -0.2) is 26.6 Å². The van der Waals surface area contributed by atoms with Crippen molar-refractivity contribution in [1.82, 2.24) is 0 Å². The molecular weight excluding hydrogens is 1070 g/mol. The zero-order valence-electron chi connectivity index (χ0n) is 38.1. The molecule has 0 bridgehead atoms. The highest BCUT2D eigenvalue weighted by Gasteiger charge is 2.41. The molecule has 0 unspecified atom stereocenters. The van der Waals surface area contributed by atoms with Crippen molar-refractivity contribution < 1.29 is 97.3 Å². The van der Waals surface area contributed by atoms with E-state index in [9.17, 15) is 87.8 Å². The molecule has 8 aromatic carbocycles. The third-order valence-electron chi connectivity index (χ3n) is 12.5. The zero-order valence-corrected chi connectivity index (χ0v) is 38.9. The van der Waals surface area contributed by atoms with Gasteiger partial charge in [0.1, 0.15) is 6.26 Å². The van der Waals surface area contributed by atoms with Gasteiger partial charge in [0.05, 0.1) is 25.1 Å². The summed E-state index contributed by atoms with van der Waals surface area (Å²) in [4.78, 5) is 2.44. The van der Waals surface area contributed by atoms with Crippen molar-refractivity contribution in [3.8, 4) is 11.5 Å². The predicted octanol–water partition coefficient (Wildman–Crippen LogP) is 15.0. The quantitative estimate of drug-likeness (QED) is 0.0399. The summed E-state index contributed by atoms with van der Waals surface area (Å²) in [6, 6.07) is 25.3. The number of benzene rings is 8. The van der Waals surface area contributed by atoms with Crippen molar-refractivity contribution in [2.75, 3.05) is 20.5 Å². The Morgan fingerprint density at radius 1 is 0.307 bits per heavy atom. The molecule has 0 spiro atoms. The Bertz CT molecular complexity index is 3100. The van der Waals surface area contributed by atoms with E-state index in [0.29, 0.717) is 0 Å². The fourth-order valence-corrected chi connectivity index (χ4v) is 11.1. The van der Waals surface area contributed by atoms with E-state index < -0.39 is 170 Å². The highest BCUT2D eigenvalue weighted by Crippen LogP contribution is 2.43. The molecule has 2 nitrogen and oxygen atoms in total. The average molecular weight is 1100 g/mol. The van der Waals surface area contributed by atoms with Crippen molar-refractivity contribution in [3.05, 3.63) is 211 Å². The molecule has 0 aromatic heterocycles. The number of hydrogen-bond donors (Lipinski definition) is 0. The highest BCUT2D eigenvalue weighted by atomic mass is 32.2. The summed E-state index contributed by atoms with van der Waals surface area (Å²) in [5.41, 5.74) is -8.97. The summed E-state index contributed by atoms with van der Waals surface area (Å²) in [6.07, 6.45) is -11.7. The molecule has 394 valence electrons. The van der Waals surface area contributed by atoms with Gasteiger partial charge in [0.25, 0.3) is 0 Å². The van der Waals surface area contributed by atoms with Crippen molar-refractivity contribution in [3.63, 3.8) is 0 Å². The van der Waals surface area contributed by atoms with E-state index in [2.05, 4.69) is 79.1 Å². The van der Waals surface area contributed by atoms with Gasteiger partial charge in [-0.15, -0.1) is 25.3 Å². The predicted molar refractivity (Wildman–Crippen MR) is 236 cm³/mol. The van der Waals surface area contributed by atoms with Crippen molar-refractivity contribution >= 4 is 38.6 Å². The van der Waals surface area contributed by atoms with Crippen LogP contribution in [0.2, 0.25) is 0 Å². The molecule has 75 heavy (non-hydrogen) atoms. The number of rotatable bonds is 12. The van der Waals surface area contributed by atoms with Crippen LogP contribution in [0.1, 0.15) is 22.3 Å². The summed E-state index contributed by atoms with van der Waals surface area (Å²) in [5.74, 6) is -55.9. The number of methoxy groups -OCH3 is 2. The van der Waals surface area contributed by atoms with Crippen LogP contribution in [0.4, 0.5) is 87.8 Å². The Balaban J connectivity index is 0.000000262. The summed E-state index contributed by atoms with van der Waals surface area (Å²) in [7, 11) is 3.26. The van der Waals surface area contributed by atoms with E-state index in [-0.39, 0.29) is 10.9 Å². The lowest BCUT2D eigenvalue weighted by Crippen LogP contribution is -2.49. The van der Waals surface area contributed by atoms with Crippen molar-refractivity contribution in [1.29, 1.82) is 0 Å². The largest absolute Gasteiger partial charge is 0.491 e. The summed E-state index contributed by atoms with van der Waals surface area (Å²) in [6.45, 7) is 0. The molecule has 0 fully saturated rings. The van der Waals surface area contributed by atoms with E-state index in [1.54, 1.807) is 14.2 Å². The Hall–Kier alpha value is -7.11. The number of ether oxygens (including phenoxy) is 2. The number of hydrogen-bond acceptors (Lipinski definition) is 2. The maximum absolute atomic E-state index is 14.9. The normalized spacial score (nSPS) is 11.7. The summed E-state index contributed by atoms with van der Waals surface area (Å²) in [5, 5.41) is 4.91. The molecule has 24 heteroatoms. The minimum Gasteiger partial charge on any atom is -0.491 e. The van der Waals surface area contributed by atoms with Gasteiger partial charge in [0.15, 0.2) is 105 Å². The molecule has 0 saturated carbocycles. The highest BCUT2D eigenvalue weighted by molar-refractivity contribution is 7.97. The van der Waals surface area contributed by atoms with Gasteiger partial charge in [-0.25, -0.2) is 87.8 Å². The summed E-state index contributed by atoms with van der Waals surface area (Å²) >= 11 is 0. The first-order valence-corrected chi connectivity index (χ1v) is 23.0. The molecule has 0 aliphatic rings. The SMILES string of the molecule is COc1ccc2ccccc2c1[S+](C)c1c(OC)ccc2ccccc12.Fc1c(F)c(F)c(C[B-](Cc2c(F)c(F)c(F)c(F)c2F)(Cc2c(F)c(F)c(F)c(F)c2F)Cc2c(F)c(F)c(F)c(F)c2F)c(F)c1F. The Labute approximate surface area is 413 Å². The average Bonchev–Trinajstić information content (AvgIpc) is 3.42. The van der Waals surface area contributed by atoms with Crippen LogP contribution in [0, 0.1) is 116 Å². The molecule has 8 rings (SSSR count). The Morgan fingerprint density at radius 2 is 0.520 bits per heavy atom. The second-order valence-corrected chi connectivity index (χ2v) is 18.7. The first kappa shape index (κ1) is 55.6. The first-order valence-electron chi connectivity index (χ1n) is 21.3. The maximum atomic E-state index is 14.9. The van der Waals surface area contributed by atoms with Gasteiger partial charge in [0.2, 0.25) is 33.1 Å². The van der Waals surface area contributed by atoms with Gasteiger partial charge in [-0.3, -0.25) is 0 Å². The maximum Gasteiger partial charge on any atom is 0.210 e. The lowest BCUT2D eigenvalue weighted by Gasteiger charge is -2.41. The van der Waals surface area contributed by atoms with E-state index in [1.165, 1.54) is 31.3 Å². The minimum absolute atomic E-state index is 0.219. The number of halogens is 20. The van der Waals surface area contributed by atoms with Crippen molar-refractivity contribution in [2.45, 2.75) is 35.1 Å². The number of fused-ring (bicyclic) bond motifs is 2. The molecule has 0 N–H and O–H groups in total. The third kappa shape index (κ3) is 9.88. The van der Waals surface area contributed by atoms with E-state index >= 15 is 0 Å². The van der Waals surface area contributed by atoms with Crippen LogP contribution in [-0.2, 0) is 36.2 Å². The van der Waals surface area contributed by atoms with E-state index in [1.807, 2.05) is 0 Å². The van der Waals surface area contributed by atoms with Crippen LogP contribution in [0.15, 0.2) is 82.6 Å². The zero-order chi connectivity index (χ0) is 55.3. The minimum atomic E-state index is -4.78. The van der Waals surface area contributed by atoms with Crippen LogP contribution in [0.25, 0.3) is 21.5 Å². The van der Waals surface area contributed by atoms with Crippen LogP contribution in [0.3, 0.4) is 0 Å². The van der Waals surface area contributed by atoms with Crippen molar-refractivity contribution in [2.24, 2.45) is 0 Å². The second kappa shape index (κ2) is 21.6. The molecular formula is C51H29BF20O2S. The monoisotopic (exact) mass is 1100 g/mol. The first-order chi connectivity index (χ1) is 35.3. The lowest BCUT2D eigenvalue weighted by molar-refractivity contribution is 0.368. The van der Waals surface area contributed by atoms with E-state index in [0.717, 1.165) is 11.5 Å². The second-order valence-electron chi connectivity index (χ2n) is 16.9. The summed E-state index contributed by atoms with van der Waals surface area (Å²) < 4.78 is 299. The molecule has 0 amide bonds. The molecule has 0 aliphatic heterocycles. The van der Waals surface area contributed by atoms with Crippen LogP contribution in [0.5, 0.6) is 11.5 Å². The van der Waals surface area contributed by atoms with Gasteiger partial charge in [0, 0.05) is 16.9 Å². The molecule has 0 aliphatic carbocycles. The lowest BCUT2D eigenvalue weighted by atomic mass is 9.16. The smallest absolute Gasteiger partial charge is 0.210 e. The van der Waals surface area contributed by atoms with Gasteiger partial charge < -0.3 is 9.47 Å². The Morgan fingerprint density at radius 3 is 0.747 bits per heavy atom. The molecule has 8 aromatic rings. The molecule has 0 radical (unpaired) electrons. The standard InChI is InChI=1S/C28H8BF20.C23H21O2S/c30-9-5(10(31)18(39)25(46)17(9)38)1-29(2-6-11(32)19(40)26(47)20(41)12(6)33,3-7-13(34)21(42)27(48)22(43)14(7)35)4-8-15(36)23(44)28(49)24(45)16(8)37;1-24-20-14-12-16-8-4-6-10-18(16)22(20)26(3)23-19-11-7-5-9-17(19)13-15-21(23)25-2/h1-4H2;4-15H,1-3H3/q-1;+1.